The van der Waals surface area contributed by atoms with E-state index in [0.717, 1.165) is 33.1 Å². The monoisotopic (exact) mass is 464 g/mol. The van der Waals surface area contributed by atoms with Crippen molar-refractivity contribution in [3.8, 4) is 11.1 Å². The van der Waals surface area contributed by atoms with E-state index in [1.807, 2.05) is 13.0 Å². The van der Waals surface area contributed by atoms with E-state index in [4.69, 9.17) is 4.74 Å². The molecular formula is C31H32N2O2. The first kappa shape index (κ1) is 23.0. The Morgan fingerprint density at radius 1 is 0.829 bits per heavy atom. The topological polar surface area (TPSA) is 36.2 Å². The third kappa shape index (κ3) is 3.93. The molecule has 0 saturated heterocycles. The first-order valence-electron chi connectivity index (χ1n) is 12.2. The number of hydrogen-bond donors (Lipinski definition) is 0. The summed E-state index contributed by atoms with van der Waals surface area (Å²) in [7, 11) is 4.15. The molecule has 35 heavy (non-hydrogen) atoms. The van der Waals surface area contributed by atoms with E-state index in [1.54, 1.807) is 0 Å². The highest BCUT2D eigenvalue weighted by atomic mass is 16.5. The summed E-state index contributed by atoms with van der Waals surface area (Å²) in [6.07, 6.45) is 4.64. The molecule has 5 rings (SSSR count). The maximum Gasteiger partial charge on any atom is 0.307 e. The lowest BCUT2D eigenvalue weighted by atomic mass is 9.73. The van der Waals surface area contributed by atoms with Crippen LogP contribution in [0.15, 0.2) is 79.1 Å². The minimum atomic E-state index is -0.575. The van der Waals surface area contributed by atoms with Crippen molar-refractivity contribution in [2.75, 3.05) is 6.61 Å². The van der Waals surface area contributed by atoms with Crippen LogP contribution in [0.1, 0.15) is 37.0 Å². The van der Waals surface area contributed by atoms with Crippen LogP contribution in [0.25, 0.3) is 32.9 Å². The molecule has 2 heterocycles. The highest BCUT2D eigenvalue weighted by Gasteiger charge is 2.37. The van der Waals surface area contributed by atoms with E-state index < -0.39 is 5.41 Å². The van der Waals surface area contributed by atoms with Crippen molar-refractivity contribution < 1.29 is 9.53 Å². The standard InChI is InChI=1S/C31H32N2O2/c1-6-35-30(34)18-31(3,26-19-32(4)28-14-12-21(2)16-24(26)28)27-20-33(5)29-15-13-23(17-25(27)29)22-10-8-7-9-11-22/h7-17,19-20H,6,18H2,1-5H3. The van der Waals surface area contributed by atoms with Gasteiger partial charge >= 0.3 is 5.97 Å². The molecule has 0 spiro atoms. The van der Waals surface area contributed by atoms with Crippen LogP contribution in [0.3, 0.4) is 0 Å². The molecule has 178 valence electrons. The molecule has 1 unspecified atom stereocenters. The summed E-state index contributed by atoms with van der Waals surface area (Å²) in [4.78, 5) is 13.0. The van der Waals surface area contributed by atoms with Crippen LogP contribution < -0.4 is 0 Å². The van der Waals surface area contributed by atoms with Gasteiger partial charge in [-0.25, -0.2) is 0 Å². The predicted octanol–water partition coefficient (Wildman–Crippen LogP) is 6.90. The van der Waals surface area contributed by atoms with Crippen molar-refractivity contribution in [1.82, 2.24) is 9.13 Å². The molecule has 2 aromatic heterocycles. The fourth-order valence-electron chi connectivity index (χ4n) is 5.42. The van der Waals surface area contributed by atoms with Crippen LogP contribution in [0.4, 0.5) is 0 Å². The maximum atomic E-state index is 13.0. The van der Waals surface area contributed by atoms with Crippen LogP contribution in [-0.2, 0) is 29.0 Å². The fraction of sp³-hybridized carbons (Fsp3) is 0.258. The highest BCUT2D eigenvalue weighted by molar-refractivity contribution is 5.93. The summed E-state index contributed by atoms with van der Waals surface area (Å²) in [5, 5.41) is 2.33. The van der Waals surface area contributed by atoms with Crippen molar-refractivity contribution in [2.45, 2.75) is 32.6 Å². The Labute approximate surface area is 206 Å². The van der Waals surface area contributed by atoms with Crippen LogP contribution >= 0.6 is 0 Å². The summed E-state index contributed by atoms with van der Waals surface area (Å²) in [5.74, 6) is -0.184. The Morgan fingerprint density at radius 2 is 1.43 bits per heavy atom. The molecule has 0 N–H and O–H groups in total. The van der Waals surface area contributed by atoms with Gasteiger partial charge in [0, 0.05) is 53.7 Å². The zero-order chi connectivity index (χ0) is 24.7. The van der Waals surface area contributed by atoms with Gasteiger partial charge < -0.3 is 13.9 Å². The predicted molar refractivity (Wildman–Crippen MR) is 144 cm³/mol. The van der Waals surface area contributed by atoms with E-state index in [9.17, 15) is 4.79 Å². The van der Waals surface area contributed by atoms with Crippen molar-refractivity contribution in [3.05, 3.63) is 95.8 Å². The van der Waals surface area contributed by atoms with E-state index in [1.165, 1.54) is 16.5 Å². The average molecular weight is 465 g/mol. The molecule has 5 aromatic rings. The second-order valence-electron chi connectivity index (χ2n) is 9.74. The molecule has 4 heteroatoms. The van der Waals surface area contributed by atoms with Gasteiger partial charge in [-0.2, -0.15) is 0 Å². The number of nitrogens with zero attached hydrogens (tertiary/aromatic N) is 2. The van der Waals surface area contributed by atoms with Gasteiger partial charge in [0.05, 0.1) is 13.0 Å². The highest BCUT2D eigenvalue weighted by Crippen LogP contribution is 2.44. The number of aryl methyl sites for hydroxylation is 3. The lowest BCUT2D eigenvalue weighted by Gasteiger charge is -2.29. The van der Waals surface area contributed by atoms with Gasteiger partial charge in [-0.1, -0.05) is 55.0 Å². The second kappa shape index (κ2) is 8.77. The smallest absolute Gasteiger partial charge is 0.307 e. The molecule has 0 aliphatic carbocycles. The van der Waals surface area contributed by atoms with Gasteiger partial charge in [0.1, 0.15) is 0 Å². The lowest BCUT2D eigenvalue weighted by Crippen LogP contribution is -2.28. The number of hydrogen-bond acceptors (Lipinski definition) is 2. The second-order valence-corrected chi connectivity index (χ2v) is 9.74. The molecule has 4 nitrogen and oxygen atoms in total. The number of carbonyl (C=O) groups excluding carboxylic acids is 1. The quantitative estimate of drug-likeness (QED) is 0.256. The largest absolute Gasteiger partial charge is 0.466 e. The van der Waals surface area contributed by atoms with E-state index in [0.29, 0.717) is 6.61 Å². The number of rotatable bonds is 6. The maximum absolute atomic E-state index is 13.0. The first-order chi connectivity index (χ1) is 16.8. The van der Waals surface area contributed by atoms with Crippen LogP contribution in [0.2, 0.25) is 0 Å². The summed E-state index contributed by atoms with van der Waals surface area (Å²) in [6.45, 7) is 6.53. The molecule has 0 aliphatic rings. The lowest BCUT2D eigenvalue weighted by molar-refractivity contribution is -0.144. The minimum absolute atomic E-state index is 0.184. The normalized spacial score (nSPS) is 13.3. The van der Waals surface area contributed by atoms with Crippen LogP contribution in [-0.4, -0.2) is 21.7 Å². The summed E-state index contributed by atoms with van der Waals surface area (Å²) in [6, 6.07) is 23.6. The Balaban J connectivity index is 1.79. The summed E-state index contributed by atoms with van der Waals surface area (Å²) in [5.41, 5.74) is 7.55. The van der Waals surface area contributed by atoms with E-state index >= 15 is 0 Å². The first-order valence-corrected chi connectivity index (χ1v) is 12.2. The third-order valence-electron chi connectivity index (χ3n) is 7.23. The number of ether oxygens (including phenoxy) is 1. The van der Waals surface area contributed by atoms with E-state index in [2.05, 4.69) is 110 Å². The number of esters is 1. The summed E-state index contributed by atoms with van der Waals surface area (Å²) < 4.78 is 9.81. The Hall–Kier alpha value is -3.79. The molecule has 0 radical (unpaired) electrons. The molecule has 0 amide bonds. The third-order valence-corrected chi connectivity index (χ3v) is 7.23. The Bertz CT molecular complexity index is 1540. The zero-order valence-corrected chi connectivity index (χ0v) is 21.1. The van der Waals surface area contributed by atoms with Gasteiger partial charge in [-0.05, 0) is 60.4 Å². The molecule has 0 saturated carbocycles. The molecule has 0 bridgehead atoms. The van der Waals surface area contributed by atoms with Crippen LogP contribution in [0, 0.1) is 6.92 Å². The van der Waals surface area contributed by atoms with Crippen molar-refractivity contribution in [1.29, 1.82) is 0 Å². The summed E-state index contributed by atoms with van der Waals surface area (Å²) >= 11 is 0. The van der Waals surface area contributed by atoms with Crippen molar-refractivity contribution in [3.63, 3.8) is 0 Å². The average Bonchev–Trinajstić information content (AvgIpc) is 3.36. The molecule has 3 aromatic carbocycles. The number of carbonyl (C=O) groups is 1. The Kier molecular flexibility index (Phi) is 5.76. The minimum Gasteiger partial charge on any atom is -0.466 e. The van der Waals surface area contributed by atoms with Gasteiger partial charge in [0.15, 0.2) is 0 Å². The molecular weight excluding hydrogens is 432 g/mol. The van der Waals surface area contributed by atoms with E-state index in [-0.39, 0.29) is 12.4 Å². The SMILES string of the molecule is CCOC(=O)CC(C)(c1cn(C)c2ccc(C)cc12)c1cn(C)c2ccc(-c3ccccc3)cc12. The van der Waals surface area contributed by atoms with Crippen molar-refractivity contribution >= 4 is 27.8 Å². The van der Waals surface area contributed by atoms with Crippen molar-refractivity contribution in [2.24, 2.45) is 14.1 Å². The van der Waals surface area contributed by atoms with Gasteiger partial charge in [0.2, 0.25) is 0 Å². The number of aromatic nitrogens is 2. The number of fused-ring (bicyclic) bond motifs is 2. The van der Waals surface area contributed by atoms with Gasteiger partial charge in [-0.15, -0.1) is 0 Å². The fourth-order valence-corrected chi connectivity index (χ4v) is 5.42. The Morgan fingerprint density at radius 3 is 2.06 bits per heavy atom. The van der Waals surface area contributed by atoms with Gasteiger partial charge in [0.25, 0.3) is 0 Å². The molecule has 0 fully saturated rings. The molecule has 0 aliphatic heterocycles. The zero-order valence-electron chi connectivity index (χ0n) is 21.1. The van der Waals surface area contributed by atoms with Gasteiger partial charge in [-0.3, -0.25) is 4.79 Å². The molecule has 1 atom stereocenters. The van der Waals surface area contributed by atoms with Crippen LogP contribution in [0.5, 0.6) is 0 Å². The number of benzene rings is 3.